The third-order valence-electron chi connectivity index (χ3n) is 7.85. The van der Waals surface area contributed by atoms with E-state index in [1.807, 2.05) is 0 Å². The Labute approximate surface area is 172 Å². The van der Waals surface area contributed by atoms with Gasteiger partial charge in [0.05, 0.1) is 10.9 Å². The fourth-order valence-electron chi connectivity index (χ4n) is 6.83. The predicted octanol–water partition coefficient (Wildman–Crippen LogP) is 4.52. The Morgan fingerprint density at radius 3 is 2.21 bits per heavy atom. The van der Waals surface area contributed by atoms with Crippen molar-refractivity contribution < 1.29 is 13.2 Å². The smallest absolute Gasteiger partial charge is 0.243 e. The molecule has 4 aliphatic carbocycles. The van der Waals surface area contributed by atoms with E-state index < -0.39 is 16.1 Å². The molecule has 4 nitrogen and oxygen atoms in total. The van der Waals surface area contributed by atoms with Crippen LogP contribution in [0.1, 0.15) is 51.4 Å². The minimum Gasteiger partial charge on any atom is -0.298 e. The maximum absolute atomic E-state index is 13.3. The van der Waals surface area contributed by atoms with Gasteiger partial charge >= 0.3 is 0 Å². The van der Waals surface area contributed by atoms with E-state index >= 15 is 0 Å². The van der Waals surface area contributed by atoms with Crippen LogP contribution in [0.15, 0.2) is 29.2 Å². The van der Waals surface area contributed by atoms with Gasteiger partial charge in [-0.25, -0.2) is 8.42 Å². The minimum atomic E-state index is -3.66. The van der Waals surface area contributed by atoms with Crippen molar-refractivity contribution in [3.8, 4) is 0 Å². The highest BCUT2D eigenvalue weighted by molar-refractivity contribution is 7.89. The standard InChI is InChI=1S/C22H28ClNO3S/c23-18-3-5-19(6-4-18)28(26,27)24-7-1-2-21(24)22(25)13-20-16-9-14-8-15(11-16)12-17(20)10-14/h3-6,14-17,20-21H,1-2,7-13H2/t14?,15?,16?,17?,20?,21-/m1/s1. The van der Waals surface area contributed by atoms with Gasteiger partial charge in [-0.1, -0.05) is 11.6 Å². The second kappa shape index (κ2) is 7.10. The Balaban J connectivity index is 1.32. The van der Waals surface area contributed by atoms with Crippen LogP contribution in [0.2, 0.25) is 5.02 Å². The summed E-state index contributed by atoms with van der Waals surface area (Å²) in [6.07, 6.45) is 8.56. The summed E-state index contributed by atoms with van der Waals surface area (Å²) in [6.45, 7) is 0.434. The van der Waals surface area contributed by atoms with Crippen LogP contribution in [0.4, 0.5) is 0 Å². The second-order valence-electron chi connectivity index (χ2n) is 9.49. The number of hydrogen-bond acceptors (Lipinski definition) is 3. The SMILES string of the molecule is O=C(CC1C2CC3CC(C2)CC1C3)[C@H]1CCCN1S(=O)(=O)c1ccc(Cl)cc1. The molecule has 152 valence electrons. The second-order valence-corrected chi connectivity index (χ2v) is 11.8. The van der Waals surface area contributed by atoms with Gasteiger partial charge < -0.3 is 0 Å². The Kier molecular flexibility index (Phi) is 4.84. The van der Waals surface area contributed by atoms with Crippen LogP contribution in [0.25, 0.3) is 0 Å². The van der Waals surface area contributed by atoms with E-state index in [1.54, 1.807) is 12.1 Å². The molecule has 5 aliphatic rings. The fourth-order valence-corrected chi connectivity index (χ4v) is 8.64. The highest BCUT2D eigenvalue weighted by Gasteiger charge is 2.49. The van der Waals surface area contributed by atoms with Crippen LogP contribution in [-0.2, 0) is 14.8 Å². The molecule has 1 saturated heterocycles. The number of carbonyl (C=O) groups excluding carboxylic acids is 1. The number of Topliss-reactive ketones (excluding diaryl/α,β-unsaturated/α-hetero) is 1. The molecule has 1 heterocycles. The third kappa shape index (κ3) is 3.23. The first-order chi connectivity index (χ1) is 13.4. The largest absolute Gasteiger partial charge is 0.298 e. The van der Waals surface area contributed by atoms with E-state index in [0.717, 1.165) is 18.3 Å². The van der Waals surface area contributed by atoms with Crippen molar-refractivity contribution in [2.45, 2.75) is 62.3 Å². The highest BCUT2D eigenvalue weighted by Crippen LogP contribution is 2.57. The van der Waals surface area contributed by atoms with Gasteiger partial charge in [0, 0.05) is 18.0 Å². The van der Waals surface area contributed by atoms with Crippen molar-refractivity contribution in [3.63, 3.8) is 0 Å². The first-order valence-corrected chi connectivity index (χ1v) is 12.5. The summed E-state index contributed by atoms with van der Waals surface area (Å²) in [5.74, 6) is 3.81. The lowest BCUT2D eigenvalue weighted by atomic mass is 9.51. The average molecular weight is 422 g/mol. The van der Waals surface area contributed by atoms with Crippen LogP contribution >= 0.6 is 11.6 Å². The quantitative estimate of drug-likeness (QED) is 0.702. The van der Waals surface area contributed by atoms with Crippen LogP contribution in [0.5, 0.6) is 0 Å². The number of nitrogens with zero attached hydrogens (tertiary/aromatic N) is 1. The maximum atomic E-state index is 13.3. The van der Waals surface area contributed by atoms with Crippen molar-refractivity contribution >= 4 is 27.4 Å². The maximum Gasteiger partial charge on any atom is 0.243 e. The normalized spacial score (nSPS) is 37.5. The Bertz CT molecular complexity index is 838. The average Bonchev–Trinajstić information content (AvgIpc) is 3.15. The van der Waals surface area contributed by atoms with Gasteiger partial charge in [-0.3, -0.25) is 4.79 Å². The van der Waals surface area contributed by atoms with E-state index in [4.69, 9.17) is 11.6 Å². The van der Waals surface area contributed by atoms with Crippen LogP contribution in [0, 0.1) is 29.6 Å². The van der Waals surface area contributed by atoms with Gasteiger partial charge in [0.25, 0.3) is 0 Å². The van der Waals surface area contributed by atoms with Crippen LogP contribution in [-0.4, -0.2) is 31.1 Å². The molecule has 0 aromatic heterocycles. The molecule has 4 bridgehead atoms. The van der Waals surface area contributed by atoms with E-state index in [2.05, 4.69) is 0 Å². The first-order valence-electron chi connectivity index (χ1n) is 10.7. The van der Waals surface area contributed by atoms with Crippen molar-refractivity contribution in [2.24, 2.45) is 29.6 Å². The number of sulfonamides is 1. The molecule has 1 aromatic carbocycles. The number of rotatable bonds is 5. The highest BCUT2D eigenvalue weighted by atomic mass is 35.5. The van der Waals surface area contributed by atoms with Gasteiger partial charge in [-0.15, -0.1) is 0 Å². The van der Waals surface area contributed by atoms with Crippen LogP contribution in [0.3, 0.4) is 0 Å². The number of ketones is 1. The Hall–Kier alpha value is -0.910. The monoisotopic (exact) mass is 421 g/mol. The molecule has 6 rings (SSSR count). The molecule has 6 heteroatoms. The lowest BCUT2D eigenvalue weighted by molar-refractivity contribution is -0.127. The Morgan fingerprint density at radius 1 is 1.00 bits per heavy atom. The number of carbonyl (C=O) groups is 1. The minimum absolute atomic E-state index is 0.146. The van der Waals surface area contributed by atoms with Crippen molar-refractivity contribution in [2.75, 3.05) is 6.54 Å². The summed E-state index contributed by atoms with van der Waals surface area (Å²) in [5, 5.41) is 0.509. The van der Waals surface area contributed by atoms with E-state index in [-0.39, 0.29) is 10.7 Å². The zero-order valence-corrected chi connectivity index (χ0v) is 17.7. The van der Waals surface area contributed by atoms with E-state index in [9.17, 15) is 13.2 Å². The van der Waals surface area contributed by atoms with Gasteiger partial charge in [-0.2, -0.15) is 4.31 Å². The summed E-state index contributed by atoms with van der Waals surface area (Å²) in [4.78, 5) is 13.5. The molecule has 1 aliphatic heterocycles. The number of benzene rings is 1. The van der Waals surface area contributed by atoms with Crippen molar-refractivity contribution in [1.82, 2.24) is 4.31 Å². The molecular formula is C22H28ClNO3S. The molecule has 28 heavy (non-hydrogen) atoms. The molecule has 0 radical (unpaired) electrons. The van der Waals surface area contributed by atoms with Gasteiger partial charge in [-0.05, 0) is 98.8 Å². The molecule has 0 unspecified atom stereocenters. The summed E-state index contributed by atoms with van der Waals surface area (Å²) >= 11 is 5.91. The summed E-state index contributed by atoms with van der Waals surface area (Å²) in [6, 6.07) is 5.77. The third-order valence-corrected chi connectivity index (χ3v) is 10.0. The van der Waals surface area contributed by atoms with Crippen LogP contribution < -0.4 is 0 Å². The topological polar surface area (TPSA) is 54.5 Å². The van der Waals surface area contributed by atoms with Gasteiger partial charge in [0.2, 0.25) is 10.0 Å². The zero-order valence-electron chi connectivity index (χ0n) is 16.1. The van der Waals surface area contributed by atoms with E-state index in [0.29, 0.717) is 42.2 Å². The molecule has 0 spiro atoms. The molecule has 0 amide bonds. The summed E-state index contributed by atoms with van der Waals surface area (Å²) < 4.78 is 27.7. The number of hydrogen-bond donors (Lipinski definition) is 0. The fraction of sp³-hybridized carbons (Fsp3) is 0.682. The first kappa shape index (κ1) is 19.1. The Morgan fingerprint density at radius 2 is 1.61 bits per heavy atom. The van der Waals surface area contributed by atoms with Crippen molar-refractivity contribution in [1.29, 1.82) is 0 Å². The zero-order chi connectivity index (χ0) is 19.5. The molecule has 1 atom stereocenters. The van der Waals surface area contributed by atoms with Gasteiger partial charge in [0.1, 0.15) is 0 Å². The molecule has 1 aromatic rings. The predicted molar refractivity (Wildman–Crippen MR) is 109 cm³/mol. The lowest BCUT2D eigenvalue weighted by Crippen LogP contribution is -2.47. The molecule has 0 N–H and O–H groups in total. The molecule has 4 saturated carbocycles. The summed E-state index contributed by atoms with van der Waals surface area (Å²) in [5.41, 5.74) is 0. The van der Waals surface area contributed by atoms with E-state index in [1.165, 1.54) is 48.5 Å². The molecule has 5 fully saturated rings. The number of halogens is 1. The van der Waals surface area contributed by atoms with Crippen molar-refractivity contribution in [3.05, 3.63) is 29.3 Å². The summed E-state index contributed by atoms with van der Waals surface area (Å²) in [7, 11) is -3.66. The molecular weight excluding hydrogens is 394 g/mol. The lowest BCUT2D eigenvalue weighted by Gasteiger charge is -2.54. The van der Waals surface area contributed by atoms with Gasteiger partial charge in [0.15, 0.2) is 5.78 Å².